The van der Waals surface area contributed by atoms with Gasteiger partial charge in [0.15, 0.2) is 0 Å². The summed E-state index contributed by atoms with van der Waals surface area (Å²) in [4.78, 5) is 0. The van der Waals surface area contributed by atoms with Gasteiger partial charge in [0.05, 0.1) is 6.10 Å². The zero-order chi connectivity index (χ0) is 10.6. The van der Waals surface area contributed by atoms with Crippen LogP contribution in [0.25, 0.3) is 0 Å². The molecule has 1 atom stereocenters. The highest BCUT2D eigenvalue weighted by atomic mass is 16.5. The number of benzene rings is 1. The van der Waals surface area contributed by atoms with Gasteiger partial charge in [-0.2, -0.15) is 0 Å². The van der Waals surface area contributed by atoms with Crippen LogP contribution >= 0.6 is 0 Å². The molecule has 1 aromatic rings. The van der Waals surface area contributed by atoms with Crippen molar-refractivity contribution in [3.8, 4) is 0 Å². The fourth-order valence-corrected chi connectivity index (χ4v) is 1.27. The van der Waals surface area contributed by atoms with Gasteiger partial charge in [-0.3, -0.25) is 0 Å². The van der Waals surface area contributed by atoms with Crippen molar-refractivity contribution in [2.24, 2.45) is 5.92 Å². The Balaban J connectivity index is 2.52. The van der Waals surface area contributed by atoms with Crippen LogP contribution in [-0.2, 0) is 4.74 Å². The molecule has 1 unspecified atom stereocenters. The van der Waals surface area contributed by atoms with Crippen LogP contribution in [0, 0.1) is 12.8 Å². The van der Waals surface area contributed by atoms with E-state index in [2.05, 4.69) is 52.0 Å². The summed E-state index contributed by atoms with van der Waals surface area (Å²) in [5.74, 6) is 0.600. The van der Waals surface area contributed by atoms with Crippen molar-refractivity contribution >= 4 is 0 Å². The average Bonchev–Trinajstić information content (AvgIpc) is 2.15. The Kier molecular flexibility index (Phi) is 4.15. The van der Waals surface area contributed by atoms with Crippen LogP contribution in [0.2, 0.25) is 0 Å². The van der Waals surface area contributed by atoms with Gasteiger partial charge >= 0.3 is 0 Å². The molecule has 1 heteroatoms. The van der Waals surface area contributed by atoms with E-state index in [1.807, 2.05) is 0 Å². The standard InChI is InChI=1S/C13H20O/c1-10(2)9-14-12(4)13-7-5-11(3)6-8-13/h5-8,10,12H,9H2,1-4H3. The largest absolute Gasteiger partial charge is 0.374 e. The van der Waals surface area contributed by atoms with Gasteiger partial charge in [-0.1, -0.05) is 43.7 Å². The van der Waals surface area contributed by atoms with Gasteiger partial charge in [-0.25, -0.2) is 0 Å². The summed E-state index contributed by atoms with van der Waals surface area (Å²) in [7, 11) is 0. The zero-order valence-electron chi connectivity index (χ0n) is 9.58. The first-order chi connectivity index (χ1) is 6.59. The van der Waals surface area contributed by atoms with Gasteiger partial charge in [-0.05, 0) is 25.3 Å². The molecule has 1 rings (SSSR count). The Labute approximate surface area is 87.1 Å². The third-order valence-corrected chi connectivity index (χ3v) is 2.23. The molecule has 0 aliphatic carbocycles. The normalized spacial score (nSPS) is 13.2. The van der Waals surface area contributed by atoms with E-state index in [4.69, 9.17) is 4.74 Å². The van der Waals surface area contributed by atoms with Crippen LogP contribution < -0.4 is 0 Å². The summed E-state index contributed by atoms with van der Waals surface area (Å²) in [6, 6.07) is 8.54. The first-order valence-electron chi connectivity index (χ1n) is 5.27. The maximum absolute atomic E-state index is 5.73. The lowest BCUT2D eigenvalue weighted by atomic mass is 10.1. The van der Waals surface area contributed by atoms with E-state index in [-0.39, 0.29) is 6.10 Å². The lowest BCUT2D eigenvalue weighted by Crippen LogP contribution is -2.06. The number of hydrogen-bond acceptors (Lipinski definition) is 1. The second-order valence-electron chi connectivity index (χ2n) is 4.28. The van der Waals surface area contributed by atoms with E-state index >= 15 is 0 Å². The molecule has 0 radical (unpaired) electrons. The summed E-state index contributed by atoms with van der Waals surface area (Å²) in [5, 5.41) is 0. The SMILES string of the molecule is Cc1ccc(C(C)OCC(C)C)cc1. The lowest BCUT2D eigenvalue weighted by Gasteiger charge is -2.15. The van der Waals surface area contributed by atoms with E-state index in [9.17, 15) is 0 Å². The molecule has 0 aromatic heterocycles. The van der Waals surface area contributed by atoms with E-state index in [1.54, 1.807) is 0 Å². The van der Waals surface area contributed by atoms with E-state index < -0.39 is 0 Å². The van der Waals surface area contributed by atoms with Gasteiger partial charge in [0, 0.05) is 6.61 Å². The summed E-state index contributed by atoms with van der Waals surface area (Å²) in [6.45, 7) is 9.37. The molecule has 78 valence electrons. The molecule has 14 heavy (non-hydrogen) atoms. The summed E-state index contributed by atoms with van der Waals surface area (Å²) < 4.78 is 5.73. The molecule has 0 fully saturated rings. The van der Waals surface area contributed by atoms with Crippen molar-refractivity contribution in [2.75, 3.05) is 6.61 Å². The second kappa shape index (κ2) is 5.16. The highest BCUT2D eigenvalue weighted by molar-refractivity contribution is 5.22. The number of ether oxygens (including phenoxy) is 1. The van der Waals surface area contributed by atoms with Crippen LogP contribution in [0.1, 0.15) is 38.0 Å². The van der Waals surface area contributed by atoms with Crippen molar-refractivity contribution < 1.29 is 4.74 Å². The number of aryl methyl sites for hydroxylation is 1. The predicted octanol–water partition coefficient (Wildman–Crippen LogP) is 3.73. The van der Waals surface area contributed by atoms with Crippen LogP contribution in [0.5, 0.6) is 0 Å². The molecular formula is C13H20O. The molecule has 0 N–H and O–H groups in total. The highest BCUT2D eigenvalue weighted by Gasteiger charge is 2.05. The highest BCUT2D eigenvalue weighted by Crippen LogP contribution is 2.17. The van der Waals surface area contributed by atoms with Gasteiger partial charge in [0.25, 0.3) is 0 Å². The Bertz CT molecular complexity index is 261. The van der Waals surface area contributed by atoms with E-state index in [0.717, 1.165) is 6.61 Å². The minimum absolute atomic E-state index is 0.206. The van der Waals surface area contributed by atoms with Crippen molar-refractivity contribution in [2.45, 2.75) is 33.8 Å². The molecule has 0 saturated carbocycles. The Morgan fingerprint density at radius 1 is 1.07 bits per heavy atom. The Morgan fingerprint density at radius 3 is 2.14 bits per heavy atom. The Hall–Kier alpha value is -0.820. The maximum Gasteiger partial charge on any atom is 0.0796 e. The topological polar surface area (TPSA) is 9.23 Å². The quantitative estimate of drug-likeness (QED) is 0.706. The predicted molar refractivity (Wildman–Crippen MR) is 60.4 cm³/mol. The molecule has 0 saturated heterocycles. The van der Waals surface area contributed by atoms with Crippen molar-refractivity contribution in [3.63, 3.8) is 0 Å². The lowest BCUT2D eigenvalue weighted by molar-refractivity contribution is 0.0470. The van der Waals surface area contributed by atoms with E-state index in [0.29, 0.717) is 5.92 Å². The van der Waals surface area contributed by atoms with Crippen molar-refractivity contribution in [1.29, 1.82) is 0 Å². The zero-order valence-corrected chi connectivity index (χ0v) is 9.58. The molecule has 0 heterocycles. The molecule has 0 aliphatic heterocycles. The van der Waals surface area contributed by atoms with Crippen LogP contribution in [0.4, 0.5) is 0 Å². The van der Waals surface area contributed by atoms with Gasteiger partial charge in [0.1, 0.15) is 0 Å². The smallest absolute Gasteiger partial charge is 0.0796 e. The van der Waals surface area contributed by atoms with Crippen molar-refractivity contribution in [1.82, 2.24) is 0 Å². The minimum atomic E-state index is 0.206. The third-order valence-electron chi connectivity index (χ3n) is 2.23. The maximum atomic E-state index is 5.73. The monoisotopic (exact) mass is 192 g/mol. The van der Waals surface area contributed by atoms with Gasteiger partial charge in [-0.15, -0.1) is 0 Å². The fraction of sp³-hybridized carbons (Fsp3) is 0.538. The number of rotatable bonds is 4. The first-order valence-corrected chi connectivity index (χ1v) is 5.27. The Morgan fingerprint density at radius 2 is 1.64 bits per heavy atom. The molecule has 1 aromatic carbocycles. The van der Waals surface area contributed by atoms with Gasteiger partial charge in [0.2, 0.25) is 0 Å². The molecule has 0 bridgehead atoms. The molecule has 0 spiro atoms. The molecule has 0 aliphatic rings. The van der Waals surface area contributed by atoms with Crippen LogP contribution in [0.3, 0.4) is 0 Å². The third kappa shape index (κ3) is 3.51. The van der Waals surface area contributed by atoms with Crippen LogP contribution in [0.15, 0.2) is 24.3 Å². The summed E-state index contributed by atoms with van der Waals surface area (Å²) in [5.41, 5.74) is 2.56. The van der Waals surface area contributed by atoms with E-state index in [1.165, 1.54) is 11.1 Å². The van der Waals surface area contributed by atoms with Crippen LogP contribution in [-0.4, -0.2) is 6.61 Å². The summed E-state index contributed by atoms with van der Waals surface area (Å²) >= 11 is 0. The van der Waals surface area contributed by atoms with Gasteiger partial charge < -0.3 is 4.74 Å². The second-order valence-corrected chi connectivity index (χ2v) is 4.28. The molecule has 1 nitrogen and oxygen atoms in total. The molecular weight excluding hydrogens is 172 g/mol. The van der Waals surface area contributed by atoms with Crippen molar-refractivity contribution in [3.05, 3.63) is 35.4 Å². The average molecular weight is 192 g/mol. The first kappa shape index (κ1) is 11.3. The minimum Gasteiger partial charge on any atom is -0.374 e. The summed E-state index contributed by atoms with van der Waals surface area (Å²) in [6.07, 6.45) is 0.206. The fourth-order valence-electron chi connectivity index (χ4n) is 1.27. The number of hydrogen-bond donors (Lipinski definition) is 0. The molecule has 0 amide bonds.